The highest BCUT2D eigenvalue weighted by Gasteiger charge is 2.41. The van der Waals surface area contributed by atoms with Gasteiger partial charge in [0.25, 0.3) is 0 Å². The Morgan fingerprint density at radius 2 is 1.64 bits per heavy atom. The van der Waals surface area contributed by atoms with E-state index in [-0.39, 0.29) is 38.0 Å². The molecule has 1 heterocycles. The molecule has 0 radical (unpaired) electrons. The molecule has 0 aromatic heterocycles. The second-order valence-electron chi connectivity index (χ2n) is 5.39. The van der Waals surface area contributed by atoms with E-state index < -0.39 is 23.8 Å². The van der Waals surface area contributed by atoms with Gasteiger partial charge in [-0.05, 0) is 43.6 Å². The highest BCUT2D eigenvalue weighted by molar-refractivity contribution is 9.10. The van der Waals surface area contributed by atoms with Crippen molar-refractivity contribution in [3.63, 3.8) is 0 Å². The molecule has 0 atom stereocenters. The number of alkyl halides is 6. The standard InChI is InChI=1S/C14H14BrF6N/c15-11-2-1-9(12(7-11)14(19,20)21)8-22-5-3-10(4-6-22)13(16,17)18/h1-2,7,10H,3-6,8H2. The number of likely N-dealkylation sites (tertiary alicyclic amines) is 1. The zero-order chi connectivity index (χ0) is 16.5. The summed E-state index contributed by atoms with van der Waals surface area (Å²) < 4.78 is 77.1. The molecule has 0 saturated carbocycles. The van der Waals surface area contributed by atoms with Gasteiger partial charge in [0, 0.05) is 11.0 Å². The average Bonchev–Trinajstić information content (AvgIpc) is 2.39. The molecule has 0 aliphatic carbocycles. The number of benzene rings is 1. The second-order valence-corrected chi connectivity index (χ2v) is 6.31. The third-order valence-corrected chi connectivity index (χ3v) is 4.32. The average molecular weight is 390 g/mol. The fraction of sp³-hybridized carbons (Fsp3) is 0.571. The van der Waals surface area contributed by atoms with Crippen molar-refractivity contribution in [1.82, 2.24) is 4.90 Å². The molecule has 0 bridgehead atoms. The summed E-state index contributed by atoms with van der Waals surface area (Å²) in [6.45, 7) is 0.307. The van der Waals surface area contributed by atoms with Crippen molar-refractivity contribution in [1.29, 1.82) is 0 Å². The number of halogens is 7. The summed E-state index contributed by atoms with van der Waals surface area (Å²) in [5.74, 6) is -1.35. The summed E-state index contributed by atoms with van der Waals surface area (Å²) in [5, 5.41) is 0. The van der Waals surface area contributed by atoms with Crippen molar-refractivity contribution in [2.75, 3.05) is 13.1 Å². The summed E-state index contributed by atoms with van der Waals surface area (Å²) in [7, 11) is 0. The van der Waals surface area contributed by atoms with Crippen LogP contribution in [0.5, 0.6) is 0 Å². The van der Waals surface area contributed by atoms with Gasteiger partial charge in [-0.2, -0.15) is 26.3 Å². The largest absolute Gasteiger partial charge is 0.416 e. The Balaban J connectivity index is 2.07. The molecule has 1 aliphatic heterocycles. The Labute approximate surface area is 132 Å². The van der Waals surface area contributed by atoms with Crippen LogP contribution in [0.4, 0.5) is 26.3 Å². The molecule has 0 unspecified atom stereocenters. The van der Waals surface area contributed by atoms with Crippen molar-refractivity contribution >= 4 is 15.9 Å². The van der Waals surface area contributed by atoms with Crippen LogP contribution in [0.1, 0.15) is 24.0 Å². The quantitative estimate of drug-likeness (QED) is 0.625. The summed E-state index contributed by atoms with van der Waals surface area (Å²) in [5.41, 5.74) is -0.666. The molecule has 0 amide bonds. The van der Waals surface area contributed by atoms with Crippen molar-refractivity contribution in [2.24, 2.45) is 5.92 Å². The number of rotatable bonds is 2. The molecule has 1 aromatic rings. The topological polar surface area (TPSA) is 3.24 Å². The van der Waals surface area contributed by atoms with Crippen LogP contribution >= 0.6 is 15.9 Å². The van der Waals surface area contributed by atoms with E-state index in [0.717, 1.165) is 6.07 Å². The summed E-state index contributed by atoms with van der Waals surface area (Å²) >= 11 is 3.01. The Hall–Kier alpha value is -0.760. The van der Waals surface area contributed by atoms with Crippen LogP contribution in [0.25, 0.3) is 0 Å². The van der Waals surface area contributed by atoms with Crippen LogP contribution in [0, 0.1) is 5.92 Å². The Kier molecular flexibility index (Phi) is 5.11. The fourth-order valence-electron chi connectivity index (χ4n) is 2.61. The minimum Gasteiger partial charge on any atom is -0.299 e. The van der Waals surface area contributed by atoms with Crippen LogP contribution in [0.3, 0.4) is 0 Å². The van der Waals surface area contributed by atoms with Gasteiger partial charge in [0.05, 0.1) is 11.5 Å². The summed E-state index contributed by atoms with van der Waals surface area (Å²) in [6, 6.07) is 3.87. The van der Waals surface area contributed by atoms with Gasteiger partial charge in [0.2, 0.25) is 0 Å². The minimum absolute atomic E-state index is 0.00665. The molecule has 8 heteroatoms. The molecule has 2 rings (SSSR count). The monoisotopic (exact) mass is 389 g/mol. The summed E-state index contributed by atoms with van der Waals surface area (Å²) in [6.07, 6.45) is -8.84. The molecular formula is C14H14BrF6N. The minimum atomic E-state index is -4.48. The molecule has 0 N–H and O–H groups in total. The Bertz CT molecular complexity index is 517. The maximum Gasteiger partial charge on any atom is 0.416 e. The van der Waals surface area contributed by atoms with Crippen molar-refractivity contribution in [2.45, 2.75) is 31.7 Å². The fourth-order valence-corrected chi connectivity index (χ4v) is 2.97. The van der Waals surface area contributed by atoms with Crippen LogP contribution in [-0.2, 0) is 12.7 Å². The SMILES string of the molecule is FC(F)(F)c1cc(Br)ccc1CN1CCC(C(F)(F)F)CC1. The molecule has 1 aromatic carbocycles. The van der Waals surface area contributed by atoms with E-state index in [1.54, 1.807) is 4.90 Å². The second kappa shape index (κ2) is 6.39. The van der Waals surface area contributed by atoms with Crippen LogP contribution in [0.2, 0.25) is 0 Å². The van der Waals surface area contributed by atoms with Gasteiger partial charge in [-0.1, -0.05) is 22.0 Å². The first-order chi connectivity index (χ1) is 10.1. The lowest BCUT2D eigenvalue weighted by atomic mass is 9.95. The van der Waals surface area contributed by atoms with E-state index in [1.807, 2.05) is 0 Å². The maximum atomic E-state index is 13.0. The van der Waals surface area contributed by atoms with E-state index in [9.17, 15) is 26.3 Å². The van der Waals surface area contributed by atoms with Crippen LogP contribution in [-0.4, -0.2) is 24.2 Å². The normalized spacial score (nSPS) is 18.7. The molecule has 124 valence electrons. The lowest BCUT2D eigenvalue weighted by Gasteiger charge is -2.33. The lowest BCUT2D eigenvalue weighted by Crippen LogP contribution is -2.38. The van der Waals surface area contributed by atoms with E-state index >= 15 is 0 Å². The van der Waals surface area contributed by atoms with Gasteiger partial charge in [0.1, 0.15) is 0 Å². The van der Waals surface area contributed by atoms with Crippen molar-refractivity contribution in [3.8, 4) is 0 Å². The van der Waals surface area contributed by atoms with Gasteiger partial charge in [-0.3, -0.25) is 4.90 Å². The molecule has 1 fully saturated rings. The van der Waals surface area contributed by atoms with Crippen LogP contribution < -0.4 is 0 Å². The van der Waals surface area contributed by atoms with E-state index in [2.05, 4.69) is 15.9 Å². The van der Waals surface area contributed by atoms with Gasteiger partial charge in [-0.25, -0.2) is 0 Å². The predicted molar refractivity (Wildman–Crippen MR) is 73.2 cm³/mol. The Morgan fingerprint density at radius 1 is 1.05 bits per heavy atom. The zero-order valence-electron chi connectivity index (χ0n) is 11.4. The predicted octanol–water partition coefficient (Wildman–Crippen LogP) is 5.24. The van der Waals surface area contributed by atoms with Gasteiger partial charge in [0.15, 0.2) is 0 Å². The highest BCUT2D eigenvalue weighted by Crippen LogP contribution is 2.37. The number of nitrogens with zero attached hydrogens (tertiary/aromatic N) is 1. The first-order valence-corrected chi connectivity index (χ1v) is 7.51. The molecule has 1 nitrogen and oxygen atoms in total. The third-order valence-electron chi connectivity index (χ3n) is 3.82. The molecule has 1 aliphatic rings. The van der Waals surface area contributed by atoms with Crippen molar-refractivity contribution in [3.05, 3.63) is 33.8 Å². The number of hydrogen-bond donors (Lipinski definition) is 0. The van der Waals surface area contributed by atoms with E-state index in [4.69, 9.17) is 0 Å². The highest BCUT2D eigenvalue weighted by atomic mass is 79.9. The molecule has 1 saturated heterocycles. The van der Waals surface area contributed by atoms with Crippen LogP contribution in [0.15, 0.2) is 22.7 Å². The maximum absolute atomic E-state index is 13.0. The van der Waals surface area contributed by atoms with Gasteiger partial charge < -0.3 is 0 Å². The van der Waals surface area contributed by atoms with Crippen molar-refractivity contribution < 1.29 is 26.3 Å². The van der Waals surface area contributed by atoms with Gasteiger partial charge >= 0.3 is 12.4 Å². The van der Waals surface area contributed by atoms with E-state index in [0.29, 0.717) is 4.47 Å². The first-order valence-electron chi connectivity index (χ1n) is 6.72. The number of piperidine rings is 1. The first kappa shape index (κ1) is 17.6. The smallest absolute Gasteiger partial charge is 0.299 e. The molecule has 22 heavy (non-hydrogen) atoms. The number of hydrogen-bond acceptors (Lipinski definition) is 1. The lowest BCUT2D eigenvalue weighted by molar-refractivity contribution is -0.185. The zero-order valence-corrected chi connectivity index (χ0v) is 13.0. The van der Waals surface area contributed by atoms with Gasteiger partial charge in [-0.15, -0.1) is 0 Å². The molecule has 0 spiro atoms. The summed E-state index contributed by atoms with van der Waals surface area (Å²) in [4.78, 5) is 1.64. The van der Waals surface area contributed by atoms with E-state index in [1.165, 1.54) is 12.1 Å². The Morgan fingerprint density at radius 3 is 2.14 bits per heavy atom. The molecular weight excluding hydrogens is 376 g/mol. The third kappa shape index (κ3) is 4.38.